The molecule has 2 aromatic rings. The molecular formula is C21H19FN2O3. The number of halogens is 1. The smallest absolute Gasteiger partial charge is 0.270 e. The Morgan fingerprint density at radius 1 is 1.30 bits per heavy atom. The molecule has 138 valence electrons. The van der Waals surface area contributed by atoms with Crippen molar-refractivity contribution >= 4 is 11.7 Å². The third kappa shape index (κ3) is 3.07. The highest BCUT2D eigenvalue weighted by Crippen LogP contribution is 2.34. The molecule has 1 amide bonds. The van der Waals surface area contributed by atoms with Crippen molar-refractivity contribution in [2.45, 2.75) is 12.5 Å². The van der Waals surface area contributed by atoms with Gasteiger partial charge in [-0.3, -0.25) is 9.59 Å². The molecule has 2 aromatic carbocycles. The van der Waals surface area contributed by atoms with Gasteiger partial charge in [0.2, 0.25) is 0 Å². The fourth-order valence-corrected chi connectivity index (χ4v) is 3.69. The van der Waals surface area contributed by atoms with E-state index in [2.05, 4.69) is 5.32 Å². The summed E-state index contributed by atoms with van der Waals surface area (Å²) in [6, 6.07) is 11.6. The highest BCUT2D eigenvalue weighted by atomic mass is 19.1. The van der Waals surface area contributed by atoms with Crippen LogP contribution in [0.3, 0.4) is 0 Å². The number of rotatable bonds is 3. The predicted octanol–water partition coefficient (Wildman–Crippen LogP) is 2.63. The minimum atomic E-state index is -0.598. The van der Waals surface area contributed by atoms with Gasteiger partial charge in [0.05, 0.1) is 18.7 Å². The second-order valence-corrected chi connectivity index (χ2v) is 6.61. The number of nitrogens with zero attached hydrogens (tertiary/aromatic N) is 1. The number of piperazine rings is 1. The van der Waals surface area contributed by atoms with Crippen molar-refractivity contribution in [3.63, 3.8) is 0 Å². The summed E-state index contributed by atoms with van der Waals surface area (Å²) in [6.07, 6.45) is 1.94. The van der Waals surface area contributed by atoms with Crippen molar-refractivity contribution in [3.05, 3.63) is 76.7 Å². The molecule has 6 heteroatoms. The van der Waals surface area contributed by atoms with Crippen molar-refractivity contribution in [2.75, 3.05) is 20.2 Å². The van der Waals surface area contributed by atoms with E-state index in [9.17, 15) is 14.0 Å². The van der Waals surface area contributed by atoms with Crippen LogP contribution in [-0.2, 0) is 11.2 Å². The molecule has 0 aliphatic carbocycles. The minimum absolute atomic E-state index is 0.0459. The first-order valence-electron chi connectivity index (χ1n) is 8.80. The first-order chi connectivity index (χ1) is 13.1. The molecule has 0 spiro atoms. The van der Waals surface area contributed by atoms with Crippen LogP contribution in [0.4, 0.5) is 4.39 Å². The van der Waals surface area contributed by atoms with Crippen LogP contribution in [0.15, 0.2) is 54.2 Å². The summed E-state index contributed by atoms with van der Waals surface area (Å²) in [5.74, 6) is -0.621. The Morgan fingerprint density at radius 2 is 2.11 bits per heavy atom. The average Bonchev–Trinajstić information content (AvgIpc) is 2.69. The largest absolute Gasteiger partial charge is 0.497 e. The number of carbonyl (C=O) groups is 2. The highest BCUT2D eigenvalue weighted by Gasteiger charge is 2.36. The Bertz CT molecular complexity index is 954. The number of hydrogen-bond donors (Lipinski definition) is 1. The van der Waals surface area contributed by atoms with Gasteiger partial charge in [0.25, 0.3) is 5.91 Å². The molecule has 1 unspecified atom stereocenters. The molecule has 1 saturated heterocycles. The Kier molecular flexibility index (Phi) is 4.39. The van der Waals surface area contributed by atoms with Gasteiger partial charge in [-0.15, -0.1) is 0 Å². The van der Waals surface area contributed by atoms with Crippen molar-refractivity contribution < 1.29 is 18.7 Å². The van der Waals surface area contributed by atoms with Crippen LogP contribution in [-0.4, -0.2) is 36.8 Å². The van der Waals surface area contributed by atoms with Crippen LogP contribution in [0.1, 0.15) is 27.5 Å². The topological polar surface area (TPSA) is 58.6 Å². The number of methoxy groups -OCH3 is 1. The van der Waals surface area contributed by atoms with E-state index in [4.69, 9.17) is 4.74 Å². The van der Waals surface area contributed by atoms with Gasteiger partial charge in [-0.1, -0.05) is 18.2 Å². The molecule has 0 bridgehead atoms. The summed E-state index contributed by atoms with van der Waals surface area (Å²) in [7, 11) is 1.61. The van der Waals surface area contributed by atoms with Crippen LogP contribution in [0, 0.1) is 5.82 Å². The second kappa shape index (κ2) is 6.87. The van der Waals surface area contributed by atoms with Crippen molar-refractivity contribution in [1.82, 2.24) is 10.2 Å². The van der Waals surface area contributed by atoms with Crippen LogP contribution in [0.5, 0.6) is 5.75 Å². The zero-order chi connectivity index (χ0) is 19.0. The van der Waals surface area contributed by atoms with Crippen LogP contribution >= 0.6 is 0 Å². The lowest BCUT2D eigenvalue weighted by Gasteiger charge is -2.41. The number of nitrogens with one attached hydrogen (secondary N) is 1. The average molecular weight is 366 g/mol. The Labute approximate surface area is 156 Å². The Morgan fingerprint density at radius 3 is 2.89 bits per heavy atom. The van der Waals surface area contributed by atoms with E-state index in [0.717, 1.165) is 17.7 Å². The monoisotopic (exact) mass is 366 g/mol. The maximum atomic E-state index is 13.8. The second-order valence-electron chi connectivity index (χ2n) is 6.61. The summed E-state index contributed by atoms with van der Waals surface area (Å²) >= 11 is 0. The number of amides is 1. The number of hydrogen-bond acceptors (Lipinski definition) is 4. The molecule has 27 heavy (non-hydrogen) atoms. The number of ketones is 1. The van der Waals surface area contributed by atoms with Crippen molar-refractivity contribution in [1.29, 1.82) is 0 Å². The summed E-state index contributed by atoms with van der Waals surface area (Å²) in [6.45, 7) is 1.07. The number of ether oxygens (including phenoxy) is 1. The SMILES string of the molecule is COc1ccc2c(c1)C1CN/C(=C\C(=O)c3ccccc3F)C(=O)N1CC2. The van der Waals surface area contributed by atoms with E-state index in [1.165, 1.54) is 29.8 Å². The number of fused-ring (bicyclic) bond motifs is 3. The van der Waals surface area contributed by atoms with Gasteiger partial charge in [0, 0.05) is 19.2 Å². The molecule has 1 atom stereocenters. The van der Waals surface area contributed by atoms with E-state index in [0.29, 0.717) is 13.1 Å². The quantitative estimate of drug-likeness (QED) is 0.670. The molecular weight excluding hydrogens is 347 g/mol. The van der Waals surface area contributed by atoms with Crippen LogP contribution in [0.25, 0.3) is 0 Å². The molecule has 1 N–H and O–H groups in total. The molecule has 5 nitrogen and oxygen atoms in total. The Hall–Kier alpha value is -3.15. The highest BCUT2D eigenvalue weighted by molar-refractivity contribution is 6.09. The predicted molar refractivity (Wildman–Crippen MR) is 98.0 cm³/mol. The van der Waals surface area contributed by atoms with Gasteiger partial charge in [0.15, 0.2) is 5.78 Å². The van der Waals surface area contributed by atoms with Gasteiger partial charge in [-0.25, -0.2) is 4.39 Å². The zero-order valence-corrected chi connectivity index (χ0v) is 14.9. The molecule has 0 aromatic heterocycles. The molecule has 2 aliphatic heterocycles. The van der Waals surface area contributed by atoms with E-state index in [1.807, 2.05) is 18.2 Å². The van der Waals surface area contributed by atoms with Crippen molar-refractivity contribution in [3.8, 4) is 5.75 Å². The van der Waals surface area contributed by atoms with Crippen LogP contribution in [0.2, 0.25) is 0 Å². The Balaban J connectivity index is 1.61. The fraction of sp³-hybridized carbons (Fsp3) is 0.238. The summed E-state index contributed by atoms with van der Waals surface area (Å²) in [5.41, 5.74) is 2.41. The minimum Gasteiger partial charge on any atom is -0.497 e. The van der Waals surface area contributed by atoms with E-state index in [1.54, 1.807) is 18.1 Å². The lowest BCUT2D eigenvalue weighted by atomic mass is 9.90. The third-order valence-electron chi connectivity index (χ3n) is 5.10. The lowest BCUT2D eigenvalue weighted by Crippen LogP contribution is -2.51. The van der Waals surface area contributed by atoms with E-state index in [-0.39, 0.29) is 23.2 Å². The van der Waals surface area contributed by atoms with E-state index >= 15 is 0 Å². The lowest BCUT2D eigenvalue weighted by molar-refractivity contribution is -0.132. The zero-order valence-electron chi connectivity index (χ0n) is 14.9. The molecule has 2 heterocycles. The molecule has 1 fully saturated rings. The van der Waals surface area contributed by atoms with Gasteiger partial charge >= 0.3 is 0 Å². The third-order valence-corrected chi connectivity index (χ3v) is 5.10. The summed E-state index contributed by atoms with van der Waals surface area (Å²) in [4.78, 5) is 27.0. The van der Waals surface area contributed by atoms with Gasteiger partial charge < -0.3 is 15.0 Å². The van der Waals surface area contributed by atoms with E-state index < -0.39 is 11.6 Å². The number of carbonyl (C=O) groups excluding carboxylic acids is 2. The van der Waals surface area contributed by atoms with Crippen molar-refractivity contribution in [2.24, 2.45) is 0 Å². The van der Waals surface area contributed by atoms with Crippen LogP contribution < -0.4 is 10.1 Å². The van der Waals surface area contributed by atoms with Gasteiger partial charge in [-0.2, -0.15) is 0 Å². The fourth-order valence-electron chi connectivity index (χ4n) is 3.69. The molecule has 4 rings (SSSR count). The van der Waals surface area contributed by atoms with Gasteiger partial charge in [0.1, 0.15) is 17.3 Å². The summed E-state index contributed by atoms with van der Waals surface area (Å²) < 4.78 is 19.1. The molecule has 0 saturated carbocycles. The maximum Gasteiger partial charge on any atom is 0.270 e. The summed E-state index contributed by atoms with van der Waals surface area (Å²) in [5, 5.41) is 3.05. The maximum absolute atomic E-state index is 13.8. The molecule has 0 radical (unpaired) electrons. The standard InChI is InChI=1S/C21H19FN2O3/c1-27-14-7-6-13-8-9-24-19(16(13)10-14)12-23-18(21(24)26)11-20(25)15-4-2-3-5-17(15)22/h2-7,10-11,19,23H,8-9,12H2,1H3/b18-11-. The van der Waals surface area contributed by atoms with Gasteiger partial charge in [-0.05, 0) is 41.8 Å². The number of benzene rings is 2. The molecule has 2 aliphatic rings. The first-order valence-corrected chi connectivity index (χ1v) is 8.80. The normalized spacial score (nSPS) is 19.9. The number of allylic oxidation sites excluding steroid dienone is 1. The first kappa shape index (κ1) is 17.3.